The average molecular weight is 442 g/mol. The molecule has 0 aromatic heterocycles. The van der Waals surface area contributed by atoms with Crippen molar-refractivity contribution in [1.29, 1.82) is 0 Å². The molecular formula is C26H23N3O2S. The smallest absolute Gasteiger partial charge is 0.338 e. The molecule has 2 aliphatic rings. The van der Waals surface area contributed by atoms with Crippen LogP contribution in [0.15, 0.2) is 78.9 Å². The fourth-order valence-corrected chi connectivity index (χ4v) is 4.92. The van der Waals surface area contributed by atoms with Gasteiger partial charge in [0.15, 0.2) is 10.8 Å². The molecule has 0 saturated heterocycles. The van der Waals surface area contributed by atoms with Crippen molar-refractivity contribution in [1.82, 2.24) is 0 Å². The third-order valence-corrected chi connectivity index (χ3v) is 6.34. The van der Waals surface area contributed by atoms with Gasteiger partial charge in [-0.2, -0.15) is 0 Å². The minimum atomic E-state index is -0.668. The molecule has 1 unspecified atom stereocenters. The van der Waals surface area contributed by atoms with E-state index in [1.807, 2.05) is 42.5 Å². The van der Waals surface area contributed by atoms with E-state index in [0.717, 1.165) is 28.2 Å². The first kappa shape index (κ1) is 20.3. The summed E-state index contributed by atoms with van der Waals surface area (Å²) in [6, 6.07) is 23.9. The van der Waals surface area contributed by atoms with Crippen LogP contribution in [0.3, 0.4) is 0 Å². The lowest BCUT2D eigenvalue weighted by atomic mass is 9.87. The van der Waals surface area contributed by atoms with E-state index in [9.17, 15) is 4.79 Å². The summed E-state index contributed by atoms with van der Waals surface area (Å²) in [6.07, 6.45) is 4.35. The van der Waals surface area contributed by atoms with Crippen molar-refractivity contribution in [2.45, 2.75) is 12.6 Å². The first-order valence-corrected chi connectivity index (χ1v) is 11.0. The molecule has 5 nitrogen and oxygen atoms in total. The Morgan fingerprint density at radius 1 is 1.03 bits per heavy atom. The van der Waals surface area contributed by atoms with E-state index in [0.29, 0.717) is 17.3 Å². The summed E-state index contributed by atoms with van der Waals surface area (Å²) < 4.78 is 5.14. The van der Waals surface area contributed by atoms with Gasteiger partial charge < -0.3 is 15.0 Å². The van der Waals surface area contributed by atoms with Crippen molar-refractivity contribution in [2.75, 3.05) is 28.8 Å². The highest BCUT2D eigenvalue weighted by Crippen LogP contribution is 2.48. The molecular weight excluding hydrogens is 418 g/mol. The van der Waals surface area contributed by atoms with Gasteiger partial charge in [-0.25, -0.2) is 4.79 Å². The number of anilines is 3. The van der Waals surface area contributed by atoms with Gasteiger partial charge in [0, 0.05) is 29.7 Å². The number of esters is 1. The van der Waals surface area contributed by atoms with Crippen LogP contribution < -0.4 is 15.1 Å². The summed E-state index contributed by atoms with van der Waals surface area (Å²) in [5.74, 6) is -0.331. The van der Waals surface area contributed by atoms with Crippen LogP contribution in [0.1, 0.15) is 28.4 Å². The van der Waals surface area contributed by atoms with Crippen LogP contribution in [-0.2, 0) is 10.4 Å². The molecule has 0 bridgehead atoms. The summed E-state index contributed by atoms with van der Waals surface area (Å²) in [7, 11) is 2.09. The summed E-state index contributed by atoms with van der Waals surface area (Å²) in [5, 5.41) is 3.97. The van der Waals surface area contributed by atoms with Gasteiger partial charge in [0.2, 0.25) is 0 Å². The maximum absolute atomic E-state index is 12.2. The Hall–Kier alpha value is -3.64. The largest absolute Gasteiger partial charge is 0.462 e. The number of nitrogens with zero attached hydrogens (tertiary/aromatic N) is 2. The molecule has 160 valence electrons. The van der Waals surface area contributed by atoms with Crippen LogP contribution in [0.4, 0.5) is 17.1 Å². The molecule has 2 aliphatic heterocycles. The van der Waals surface area contributed by atoms with Gasteiger partial charge in [0.25, 0.3) is 0 Å². The van der Waals surface area contributed by atoms with Gasteiger partial charge in [-0.1, -0.05) is 42.5 Å². The molecule has 0 saturated carbocycles. The first-order chi connectivity index (χ1) is 15.6. The number of carbonyl (C=O) groups is 1. The number of hydrogen-bond acceptors (Lipinski definition) is 4. The molecule has 0 radical (unpaired) electrons. The molecule has 1 atom stereocenters. The lowest BCUT2D eigenvalue weighted by molar-refractivity contribution is 0.0526. The van der Waals surface area contributed by atoms with Crippen LogP contribution in [-0.4, -0.2) is 24.7 Å². The Morgan fingerprint density at radius 3 is 2.53 bits per heavy atom. The van der Waals surface area contributed by atoms with Crippen LogP contribution in [0.2, 0.25) is 0 Å². The number of nitrogens with one attached hydrogen (secondary N) is 1. The van der Waals surface area contributed by atoms with Gasteiger partial charge >= 0.3 is 5.97 Å². The number of ether oxygens (including phenoxy) is 1. The maximum Gasteiger partial charge on any atom is 0.338 e. The van der Waals surface area contributed by atoms with Gasteiger partial charge in [0.1, 0.15) is 0 Å². The van der Waals surface area contributed by atoms with Gasteiger partial charge in [-0.15, -0.1) is 0 Å². The second-order valence-corrected chi connectivity index (χ2v) is 8.14. The molecule has 2 heterocycles. The van der Waals surface area contributed by atoms with Crippen LogP contribution in [0.25, 0.3) is 6.08 Å². The predicted octanol–water partition coefficient (Wildman–Crippen LogP) is 5.40. The minimum Gasteiger partial charge on any atom is -0.462 e. The Morgan fingerprint density at radius 2 is 1.75 bits per heavy atom. The van der Waals surface area contributed by atoms with Crippen LogP contribution >= 0.6 is 12.2 Å². The number of benzene rings is 3. The minimum absolute atomic E-state index is 0.331. The maximum atomic E-state index is 12.2. The normalized spacial score (nSPS) is 18.8. The summed E-state index contributed by atoms with van der Waals surface area (Å²) in [5.41, 5.74) is 5.06. The summed E-state index contributed by atoms with van der Waals surface area (Å²) >= 11 is 5.88. The zero-order chi connectivity index (χ0) is 22.3. The number of thiocarbonyl (C=S) groups is 1. The lowest BCUT2D eigenvalue weighted by Crippen LogP contribution is -2.63. The van der Waals surface area contributed by atoms with Crippen molar-refractivity contribution >= 4 is 46.4 Å². The number of carbonyl (C=O) groups excluding carboxylic acids is 1. The second-order valence-electron chi connectivity index (χ2n) is 7.76. The molecule has 1 N–H and O–H groups in total. The molecule has 0 amide bonds. The Balaban J connectivity index is 1.69. The lowest BCUT2D eigenvalue weighted by Gasteiger charge is -2.54. The monoisotopic (exact) mass is 441 g/mol. The number of para-hydroxylation sites is 2. The average Bonchev–Trinajstić information content (AvgIpc) is 2.82. The number of likely N-dealkylation sites (N-methyl/N-ethyl adjacent to an activating group) is 1. The highest BCUT2D eigenvalue weighted by molar-refractivity contribution is 7.80. The molecule has 0 fully saturated rings. The van der Waals surface area contributed by atoms with Gasteiger partial charge in [0.05, 0.1) is 12.2 Å². The van der Waals surface area contributed by atoms with E-state index in [1.54, 1.807) is 19.1 Å². The van der Waals surface area contributed by atoms with Crippen molar-refractivity contribution in [2.24, 2.45) is 0 Å². The molecule has 3 aromatic rings. The molecule has 0 aliphatic carbocycles. The quantitative estimate of drug-likeness (QED) is 0.434. The standard InChI is InChI=1S/C26H23N3O2S/c1-3-31-24(30)19-12-14-20(15-13-19)29-25(32)27-22-10-6-5-9-21(22)26(29)17-16-18-8-4-7-11-23(18)28(26)2/h4-17H,3H2,1-2H3,(H,27,32). The van der Waals surface area contributed by atoms with E-state index in [-0.39, 0.29) is 5.97 Å². The highest BCUT2D eigenvalue weighted by atomic mass is 32.1. The second kappa shape index (κ2) is 7.80. The van der Waals surface area contributed by atoms with Gasteiger partial charge in [-0.05, 0) is 67.2 Å². The number of hydrogen-bond donors (Lipinski definition) is 1. The predicted molar refractivity (Wildman–Crippen MR) is 133 cm³/mol. The van der Waals surface area contributed by atoms with Crippen LogP contribution in [0, 0.1) is 0 Å². The number of fused-ring (bicyclic) bond motifs is 3. The molecule has 6 heteroatoms. The molecule has 5 rings (SSSR count). The molecule has 1 spiro atoms. The highest BCUT2D eigenvalue weighted by Gasteiger charge is 2.48. The molecule has 3 aromatic carbocycles. The zero-order valence-corrected chi connectivity index (χ0v) is 18.7. The van der Waals surface area contributed by atoms with E-state index in [2.05, 4.69) is 52.5 Å². The van der Waals surface area contributed by atoms with Crippen molar-refractivity contribution in [3.05, 3.63) is 95.6 Å². The summed E-state index contributed by atoms with van der Waals surface area (Å²) in [6.45, 7) is 2.14. The third kappa shape index (κ3) is 2.99. The van der Waals surface area contributed by atoms with Gasteiger partial charge in [-0.3, -0.25) is 4.90 Å². The Labute approximate surface area is 192 Å². The van der Waals surface area contributed by atoms with Crippen molar-refractivity contribution in [3.63, 3.8) is 0 Å². The third-order valence-electron chi connectivity index (χ3n) is 6.05. The Bertz CT molecular complexity index is 1240. The van der Waals surface area contributed by atoms with Crippen molar-refractivity contribution < 1.29 is 9.53 Å². The van der Waals surface area contributed by atoms with E-state index >= 15 is 0 Å². The topological polar surface area (TPSA) is 44.8 Å². The van der Waals surface area contributed by atoms with E-state index < -0.39 is 5.66 Å². The van der Waals surface area contributed by atoms with E-state index in [1.165, 1.54) is 0 Å². The first-order valence-electron chi connectivity index (χ1n) is 10.6. The van der Waals surface area contributed by atoms with E-state index in [4.69, 9.17) is 17.0 Å². The zero-order valence-electron chi connectivity index (χ0n) is 17.9. The summed E-state index contributed by atoms with van der Waals surface area (Å²) in [4.78, 5) is 16.5. The van der Waals surface area contributed by atoms with Crippen molar-refractivity contribution in [3.8, 4) is 0 Å². The number of rotatable bonds is 3. The fourth-order valence-electron chi connectivity index (χ4n) is 4.56. The molecule has 32 heavy (non-hydrogen) atoms. The Kier molecular flexibility index (Phi) is 4.94. The fraction of sp³-hybridized carbons (Fsp3) is 0.154. The SMILES string of the molecule is CCOC(=O)c1ccc(N2C(=S)Nc3ccccc3C23C=Cc2ccccc2N3C)cc1. The van der Waals surface area contributed by atoms with Crippen LogP contribution in [0.5, 0.6) is 0 Å².